The molecule has 0 fully saturated rings. The van der Waals surface area contributed by atoms with Crippen molar-refractivity contribution < 1.29 is 8.78 Å². The first-order valence-corrected chi connectivity index (χ1v) is 3.06. The Morgan fingerprint density at radius 1 is 1.36 bits per heavy atom. The molecule has 0 amide bonds. The molecule has 0 aliphatic carbocycles. The standard InChI is InChI=1S/C7H4F2N2/c8-5-3-6(9)7-1-2-10-11(7)4-5/h1-4H. The SMILES string of the molecule is Fc1cc(F)c2ccnn2c1. The summed E-state index contributed by atoms with van der Waals surface area (Å²) in [5.74, 6) is -1.22. The van der Waals surface area contributed by atoms with Crippen molar-refractivity contribution in [3.8, 4) is 0 Å². The first-order chi connectivity index (χ1) is 5.27. The van der Waals surface area contributed by atoms with Crippen LogP contribution in [-0.4, -0.2) is 9.61 Å². The highest BCUT2D eigenvalue weighted by Crippen LogP contribution is 2.09. The summed E-state index contributed by atoms with van der Waals surface area (Å²) in [6.45, 7) is 0. The van der Waals surface area contributed by atoms with Crippen LogP contribution in [0, 0.1) is 11.6 Å². The van der Waals surface area contributed by atoms with Crippen LogP contribution in [-0.2, 0) is 0 Å². The molecule has 0 saturated heterocycles. The minimum atomic E-state index is -0.626. The maximum absolute atomic E-state index is 12.8. The van der Waals surface area contributed by atoms with Gasteiger partial charge in [-0.2, -0.15) is 5.10 Å². The molecule has 0 unspecified atom stereocenters. The summed E-state index contributed by atoms with van der Waals surface area (Å²) >= 11 is 0. The Bertz CT molecular complexity index is 394. The fraction of sp³-hybridized carbons (Fsp3) is 0. The van der Waals surface area contributed by atoms with Crippen LogP contribution < -0.4 is 0 Å². The number of hydrogen-bond donors (Lipinski definition) is 0. The van der Waals surface area contributed by atoms with Gasteiger partial charge in [-0.1, -0.05) is 0 Å². The zero-order chi connectivity index (χ0) is 7.84. The van der Waals surface area contributed by atoms with Crippen molar-refractivity contribution in [3.05, 3.63) is 36.2 Å². The molecule has 0 aliphatic heterocycles. The van der Waals surface area contributed by atoms with Gasteiger partial charge in [-0.3, -0.25) is 0 Å². The highest BCUT2D eigenvalue weighted by molar-refractivity contribution is 5.46. The lowest BCUT2D eigenvalue weighted by Gasteiger charge is -1.93. The highest BCUT2D eigenvalue weighted by atomic mass is 19.1. The van der Waals surface area contributed by atoms with Crippen LogP contribution >= 0.6 is 0 Å². The van der Waals surface area contributed by atoms with Crippen molar-refractivity contribution in [2.45, 2.75) is 0 Å². The quantitative estimate of drug-likeness (QED) is 0.563. The van der Waals surface area contributed by atoms with E-state index in [1.807, 2.05) is 0 Å². The van der Waals surface area contributed by atoms with Crippen molar-refractivity contribution in [1.29, 1.82) is 0 Å². The Hall–Kier alpha value is -1.45. The summed E-state index contributed by atoms with van der Waals surface area (Å²) in [5.41, 5.74) is 0.284. The molecule has 0 spiro atoms. The van der Waals surface area contributed by atoms with E-state index in [0.717, 1.165) is 16.8 Å². The Morgan fingerprint density at radius 2 is 2.18 bits per heavy atom. The molecule has 2 heterocycles. The lowest BCUT2D eigenvalue weighted by Crippen LogP contribution is -1.91. The largest absolute Gasteiger partial charge is 0.235 e. The van der Waals surface area contributed by atoms with E-state index in [1.165, 1.54) is 12.3 Å². The minimum Gasteiger partial charge on any atom is -0.235 e. The lowest BCUT2D eigenvalue weighted by atomic mass is 10.4. The molecule has 2 aromatic rings. The minimum absolute atomic E-state index is 0.284. The van der Waals surface area contributed by atoms with Crippen LogP contribution in [0.3, 0.4) is 0 Å². The van der Waals surface area contributed by atoms with E-state index in [-0.39, 0.29) is 5.52 Å². The number of aromatic nitrogens is 2. The average Bonchev–Trinajstić information content (AvgIpc) is 2.34. The molecule has 0 aromatic carbocycles. The topological polar surface area (TPSA) is 17.3 Å². The highest BCUT2D eigenvalue weighted by Gasteiger charge is 2.02. The molecule has 0 N–H and O–H groups in total. The summed E-state index contributed by atoms with van der Waals surface area (Å²) in [4.78, 5) is 0. The van der Waals surface area contributed by atoms with E-state index in [2.05, 4.69) is 5.10 Å². The van der Waals surface area contributed by atoms with E-state index in [1.54, 1.807) is 0 Å². The molecule has 0 atom stereocenters. The Balaban J connectivity index is 2.91. The summed E-state index contributed by atoms with van der Waals surface area (Å²) in [5, 5.41) is 3.68. The average molecular weight is 154 g/mol. The maximum Gasteiger partial charge on any atom is 0.151 e. The third-order valence-electron chi connectivity index (χ3n) is 1.43. The molecule has 2 aromatic heterocycles. The number of hydrogen-bond acceptors (Lipinski definition) is 1. The fourth-order valence-corrected chi connectivity index (χ4v) is 0.955. The van der Waals surface area contributed by atoms with E-state index in [4.69, 9.17) is 0 Å². The first kappa shape index (κ1) is 6.27. The molecule has 2 nitrogen and oxygen atoms in total. The molecule has 56 valence electrons. The molecule has 4 heteroatoms. The van der Waals surface area contributed by atoms with E-state index in [0.29, 0.717) is 0 Å². The molecule has 0 bridgehead atoms. The third-order valence-corrected chi connectivity index (χ3v) is 1.43. The molecule has 2 rings (SSSR count). The van der Waals surface area contributed by atoms with Crippen LogP contribution in [0.25, 0.3) is 5.52 Å². The maximum atomic E-state index is 12.8. The molecule has 0 radical (unpaired) electrons. The first-order valence-electron chi connectivity index (χ1n) is 3.06. The van der Waals surface area contributed by atoms with E-state index in [9.17, 15) is 8.78 Å². The zero-order valence-electron chi connectivity index (χ0n) is 5.46. The van der Waals surface area contributed by atoms with Gasteiger partial charge in [-0.15, -0.1) is 0 Å². The van der Waals surface area contributed by atoms with Gasteiger partial charge in [0.2, 0.25) is 0 Å². The van der Waals surface area contributed by atoms with Crippen molar-refractivity contribution in [3.63, 3.8) is 0 Å². The fourth-order valence-electron chi connectivity index (χ4n) is 0.955. The van der Waals surface area contributed by atoms with Crippen molar-refractivity contribution in [2.24, 2.45) is 0 Å². The lowest BCUT2D eigenvalue weighted by molar-refractivity contribution is 0.573. The van der Waals surface area contributed by atoms with Crippen molar-refractivity contribution in [1.82, 2.24) is 9.61 Å². The predicted molar refractivity (Wildman–Crippen MR) is 35.1 cm³/mol. The summed E-state index contributed by atoms with van der Waals surface area (Å²) in [6, 6.07) is 2.31. The van der Waals surface area contributed by atoms with Crippen molar-refractivity contribution in [2.75, 3.05) is 0 Å². The van der Waals surface area contributed by atoms with Gasteiger partial charge in [0.15, 0.2) is 5.82 Å². The zero-order valence-corrected chi connectivity index (χ0v) is 5.46. The number of pyridine rings is 1. The van der Waals surface area contributed by atoms with Crippen LogP contribution in [0.15, 0.2) is 24.5 Å². The monoisotopic (exact) mass is 154 g/mol. The Labute approximate surface area is 61.1 Å². The smallest absolute Gasteiger partial charge is 0.151 e. The van der Waals surface area contributed by atoms with Crippen LogP contribution in [0.1, 0.15) is 0 Å². The van der Waals surface area contributed by atoms with Gasteiger partial charge in [0.1, 0.15) is 11.3 Å². The van der Waals surface area contributed by atoms with Gasteiger partial charge in [0.05, 0.1) is 12.4 Å². The van der Waals surface area contributed by atoms with Crippen LogP contribution in [0.5, 0.6) is 0 Å². The summed E-state index contributed by atoms with van der Waals surface area (Å²) in [6.07, 6.45) is 2.54. The number of nitrogens with zero attached hydrogens (tertiary/aromatic N) is 2. The molecular weight excluding hydrogens is 150 g/mol. The van der Waals surface area contributed by atoms with Gasteiger partial charge in [0, 0.05) is 6.07 Å². The Morgan fingerprint density at radius 3 is 3.00 bits per heavy atom. The van der Waals surface area contributed by atoms with Crippen LogP contribution in [0.2, 0.25) is 0 Å². The molecule has 0 saturated carbocycles. The van der Waals surface area contributed by atoms with E-state index >= 15 is 0 Å². The second-order valence-electron chi connectivity index (χ2n) is 2.17. The van der Waals surface area contributed by atoms with Gasteiger partial charge < -0.3 is 0 Å². The van der Waals surface area contributed by atoms with Gasteiger partial charge in [-0.25, -0.2) is 13.3 Å². The Kier molecular flexibility index (Phi) is 1.15. The van der Waals surface area contributed by atoms with Gasteiger partial charge in [0.25, 0.3) is 0 Å². The molecular formula is C7H4F2N2. The number of halogens is 2. The summed E-state index contributed by atoms with van der Waals surface area (Å²) < 4.78 is 26.4. The van der Waals surface area contributed by atoms with Gasteiger partial charge in [-0.05, 0) is 6.07 Å². The summed E-state index contributed by atoms with van der Waals surface area (Å²) in [7, 11) is 0. The second kappa shape index (κ2) is 2.02. The van der Waals surface area contributed by atoms with Crippen LogP contribution in [0.4, 0.5) is 8.78 Å². The second-order valence-corrected chi connectivity index (χ2v) is 2.17. The molecule has 0 aliphatic rings. The number of fused-ring (bicyclic) bond motifs is 1. The van der Waals surface area contributed by atoms with Crippen molar-refractivity contribution >= 4 is 5.52 Å². The molecule has 11 heavy (non-hydrogen) atoms. The number of rotatable bonds is 0. The third kappa shape index (κ3) is 0.869. The van der Waals surface area contributed by atoms with Gasteiger partial charge >= 0.3 is 0 Å². The van der Waals surface area contributed by atoms with E-state index < -0.39 is 11.6 Å². The predicted octanol–water partition coefficient (Wildman–Crippen LogP) is 1.61. The normalized spacial score (nSPS) is 10.7.